The fraction of sp³-hybridized carbons (Fsp3) is 0.0652. The van der Waals surface area contributed by atoms with Crippen LogP contribution in [0.3, 0.4) is 0 Å². The summed E-state index contributed by atoms with van der Waals surface area (Å²) in [5.41, 5.74) is 6.71. The van der Waals surface area contributed by atoms with E-state index in [2.05, 4.69) is 121 Å². The number of furan rings is 1. The lowest BCUT2D eigenvalue weighted by molar-refractivity contribution is 0.670. The molecule has 4 aromatic heterocycles. The van der Waals surface area contributed by atoms with Crippen molar-refractivity contribution in [3.8, 4) is 46.2 Å². The van der Waals surface area contributed by atoms with Gasteiger partial charge in [-0.15, -0.1) is 29.1 Å². The monoisotopic (exact) mass is 703 g/mol. The Bertz CT molecular complexity index is 3040. The zero-order valence-electron chi connectivity index (χ0n) is 28.1. The predicted molar refractivity (Wildman–Crippen MR) is 220 cm³/mol. The van der Waals surface area contributed by atoms with Crippen LogP contribution in [-0.2, 0) is 0 Å². The summed E-state index contributed by atoms with van der Waals surface area (Å²) in [6, 6.07) is 34.2. The van der Waals surface area contributed by atoms with Crippen molar-refractivity contribution in [1.82, 2.24) is 15.0 Å². The second kappa shape index (κ2) is 12.3. The molecule has 1 atom stereocenters. The van der Waals surface area contributed by atoms with E-state index >= 15 is 0 Å². The molecule has 1 aliphatic rings. The fourth-order valence-electron chi connectivity index (χ4n) is 7.43. The number of nitrogens with zero attached hydrogens (tertiary/aromatic N) is 3. The minimum Gasteiger partial charge on any atom is -0.455 e. The summed E-state index contributed by atoms with van der Waals surface area (Å²) in [5.74, 6) is 5.00. The van der Waals surface area contributed by atoms with Crippen LogP contribution in [0.2, 0.25) is 0 Å². The Labute approximate surface area is 308 Å². The highest BCUT2D eigenvalue weighted by Crippen LogP contribution is 2.43. The number of terminal acetylenes is 1. The molecule has 0 amide bonds. The third-order valence-electron chi connectivity index (χ3n) is 9.87. The summed E-state index contributed by atoms with van der Waals surface area (Å²) in [4.78, 5) is 16.4. The van der Waals surface area contributed by atoms with Crippen molar-refractivity contribution in [3.05, 3.63) is 144 Å². The van der Waals surface area contributed by atoms with Crippen LogP contribution in [0.4, 0.5) is 0 Å². The second-order valence-corrected chi connectivity index (χ2v) is 15.1. The molecule has 1 aliphatic carbocycles. The molecule has 246 valence electrons. The molecule has 10 rings (SSSR count). The molecule has 4 nitrogen and oxygen atoms in total. The predicted octanol–water partition coefficient (Wildman–Crippen LogP) is 13.0. The third-order valence-corrected chi connectivity index (χ3v) is 12.1. The van der Waals surface area contributed by atoms with E-state index in [1.54, 1.807) is 22.7 Å². The van der Waals surface area contributed by atoms with Crippen molar-refractivity contribution in [3.63, 3.8) is 0 Å². The average Bonchev–Trinajstić information content (AvgIpc) is 3.88. The molecule has 0 saturated heterocycles. The van der Waals surface area contributed by atoms with Gasteiger partial charge in [-0.2, -0.15) is 0 Å². The van der Waals surface area contributed by atoms with E-state index in [1.807, 2.05) is 25.1 Å². The molecule has 0 spiro atoms. The lowest BCUT2D eigenvalue weighted by atomic mass is 9.98. The lowest BCUT2D eigenvalue weighted by Gasteiger charge is -2.14. The van der Waals surface area contributed by atoms with Gasteiger partial charge in [-0.3, -0.25) is 0 Å². The van der Waals surface area contributed by atoms with Gasteiger partial charge in [0, 0.05) is 69.2 Å². The van der Waals surface area contributed by atoms with Gasteiger partial charge >= 0.3 is 0 Å². The van der Waals surface area contributed by atoms with Gasteiger partial charge in [0.05, 0.1) is 4.88 Å². The van der Waals surface area contributed by atoms with E-state index in [-0.39, 0.29) is 5.92 Å². The largest absolute Gasteiger partial charge is 0.455 e. The molecule has 0 aliphatic heterocycles. The Morgan fingerprint density at radius 1 is 0.731 bits per heavy atom. The number of hydrogen-bond donors (Lipinski definition) is 0. The smallest absolute Gasteiger partial charge is 0.164 e. The van der Waals surface area contributed by atoms with Crippen molar-refractivity contribution < 1.29 is 4.42 Å². The van der Waals surface area contributed by atoms with Crippen LogP contribution in [0.1, 0.15) is 35.5 Å². The number of benzene rings is 5. The SMILES string of the molecule is C#Cc1sc2cc(-c3cccc4c3oc3cccc(-c5nc(-c6ccc7c(c6)sc6ccccc67)nc(C6C=CC=CC6)n5)c34)ccc2c1/C=C\C. The highest BCUT2D eigenvalue weighted by molar-refractivity contribution is 7.25. The van der Waals surface area contributed by atoms with E-state index in [1.165, 1.54) is 20.2 Å². The molecule has 4 heterocycles. The van der Waals surface area contributed by atoms with Gasteiger partial charge in [0.1, 0.15) is 17.0 Å². The van der Waals surface area contributed by atoms with E-state index < -0.39 is 0 Å². The van der Waals surface area contributed by atoms with Crippen molar-refractivity contribution in [2.45, 2.75) is 19.3 Å². The standard InChI is InChI=1S/C46H29N3OS2/c1-3-12-31-33-23-21-28(25-40(33)51-38(31)4-2)30-16-10-17-35-42-36(18-11-19-37(42)50-43(30)35)46-48-44(27-13-6-5-7-14-27)47-45(49-46)29-22-24-34-32-15-8-9-20-39(32)52-41(34)26-29/h2-3,5-13,15-27H,14H2,1H3/b12-3-. The Hall–Kier alpha value is -6.13. The first-order valence-electron chi connectivity index (χ1n) is 17.3. The van der Waals surface area contributed by atoms with Gasteiger partial charge < -0.3 is 4.42 Å². The number of hydrogen-bond acceptors (Lipinski definition) is 6. The lowest BCUT2D eigenvalue weighted by Crippen LogP contribution is -2.08. The maximum absolute atomic E-state index is 6.71. The number of allylic oxidation sites excluding steroid dienone is 5. The average molecular weight is 704 g/mol. The van der Waals surface area contributed by atoms with Gasteiger partial charge in [0.2, 0.25) is 0 Å². The van der Waals surface area contributed by atoms with Crippen LogP contribution in [-0.4, -0.2) is 15.0 Å². The molecule has 0 fully saturated rings. The third kappa shape index (κ3) is 4.93. The minimum atomic E-state index is 0.0564. The fourth-order valence-corrected chi connectivity index (χ4v) is 9.62. The summed E-state index contributed by atoms with van der Waals surface area (Å²) < 4.78 is 10.3. The quantitative estimate of drug-likeness (QED) is 0.167. The van der Waals surface area contributed by atoms with E-state index in [4.69, 9.17) is 25.8 Å². The van der Waals surface area contributed by atoms with Crippen LogP contribution in [0.15, 0.2) is 132 Å². The molecule has 5 aromatic carbocycles. The van der Waals surface area contributed by atoms with Gasteiger partial charge in [0.25, 0.3) is 0 Å². The Morgan fingerprint density at radius 3 is 2.38 bits per heavy atom. The molecule has 0 N–H and O–H groups in total. The second-order valence-electron chi connectivity index (χ2n) is 13.0. The van der Waals surface area contributed by atoms with Crippen molar-refractivity contribution in [1.29, 1.82) is 0 Å². The number of fused-ring (bicyclic) bond motifs is 7. The van der Waals surface area contributed by atoms with Crippen LogP contribution < -0.4 is 0 Å². The summed E-state index contributed by atoms with van der Waals surface area (Å²) in [6.45, 7) is 2.02. The molecule has 0 radical (unpaired) electrons. The molecule has 6 heteroatoms. The molecule has 0 bridgehead atoms. The maximum atomic E-state index is 6.71. The molecular weight excluding hydrogens is 675 g/mol. The van der Waals surface area contributed by atoms with Gasteiger partial charge in [-0.25, -0.2) is 15.0 Å². The zero-order valence-corrected chi connectivity index (χ0v) is 29.8. The summed E-state index contributed by atoms with van der Waals surface area (Å²) in [6.07, 6.45) is 19.4. The zero-order chi connectivity index (χ0) is 34.8. The highest BCUT2D eigenvalue weighted by atomic mass is 32.1. The molecular formula is C46H29N3OS2. The first kappa shape index (κ1) is 30.7. The Balaban J connectivity index is 1.15. The van der Waals surface area contributed by atoms with Gasteiger partial charge in [-0.05, 0) is 43.2 Å². The number of aromatic nitrogens is 3. The minimum absolute atomic E-state index is 0.0564. The van der Waals surface area contributed by atoms with E-state index in [0.717, 1.165) is 77.0 Å². The first-order valence-corrected chi connectivity index (χ1v) is 18.9. The molecule has 1 unspecified atom stereocenters. The number of thiophene rings is 2. The number of para-hydroxylation sites is 1. The summed E-state index contributed by atoms with van der Waals surface area (Å²) in [7, 11) is 0. The van der Waals surface area contributed by atoms with Crippen molar-refractivity contribution in [2.24, 2.45) is 0 Å². The van der Waals surface area contributed by atoms with Gasteiger partial charge in [0.15, 0.2) is 11.6 Å². The molecule has 52 heavy (non-hydrogen) atoms. The molecule has 0 saturated carbocycles. The highest BCUT2D eigenvalue weighted by Gasteiger charge is 2.22. The van der Waals surface area contributed by atoms with Crippen LogP contribution >= 0.6 is 22.7 Å². The van der Waals surface area contributed by atoms with Gasteiger partial charge in [-0.1, -0.05) is 115 Å². The topological polar surface area (TPSA) is 51.8 Å². The normalized spacial score (nSPS) is 14.5. The Kier molecular flexibility index (Phi) is 7.24. The van der Waals surface area contributed by atoms with E-state index in [0.29, 0.717) is 11.6 Å². The first-order chi connectivity index (χ1) is 25.7. The summed E-state index contributed by atoms with van der Waals surface area (Å²) >= 11 is 3.45. The molecule has 9 aromatic rings. The van der Waals surface area contributed by atoms with Crippen LogP contribution in [0, 0.1) is 12.3 Å². The number of rotatable bonds is 5. The van der Waals surface area contributed by atoms with Crippen molar-refractivity contribution >= 4 is 80.9 Å². The van der Waals surface area contributed by atoms with Crippen LogP contribution in [0.25, 0.3) is 92.2 Å². The maximum Gasteiger partial charge on any atom is 0.164 e. The van der Waals surface area contributed by atoms with Crippen LogP contribution in [0.5, 0.6) is 0 Å². The van der Waals surface area contributed by atoms with Crippen molar-refractivity contribution in [2.75, 3.05) is 0 Å². The van der Waals surface area contributed by atoms with E-state index in [9.17, 15) is 0 Å². The summed E-state index contributed by atoms with van der Waals surface area (Å²) in [5, 5.41) is 5.69. The Morgan fingerprint density at radius 2 is 1.50 bits per heavy atom.